The molecule has 1 fully saturated rings. The molecule has 0 bridgehead atoms. The quantitative estimate of drug-likeness (QED) is 0.903. The van der Waals surface area contributed by atoms with E-state index < -0.39 is 9.84 Å². The molecule has 1 aromatic carbocycles. The third-order valence-electron chi connectivity index (χ3n) is 3.94. The van der Waals surface area contributed by atoms with Crippen molar-refractivity contribution in [1.29, 1.82) is 0 Å². The van der Waals surface area contributed by atoms with E-state index in [1.807, 2.05) is 13.8 Å². The fourth-order valence-electron chi connectivity index (χ4n) is 2.75. The van der Waals surface area contributed by atoms with Crippen LogP contribution in [-0.4, -0.2) is 42.9 Å². The van der Waals surface area contributed by atoms with Gasteiger partial charge in [0.1, 0.15) is 12.1 Å². The Kier molecular flexibility index (Phi) is 4.25. The van der Waals surface area contributed by atoms with Gasteiger partial charge in [-0.15, -0.1) is 0 Å². The van der Waals surface area contributed by atoms with E-state index in [-0.39, 0.29) is 17.1 Å². The molecular weight excluding hydrogens is 314 g/mol. The molecule has 0 aliphatic heterocycles. The van der Waals surface area contributed by atoms with Crippen molar-refractivity contribution < 1.29 is 13.2 Å². The van der Waals surface area contributed by atoms with Gasteiger partial charge in [0.15, 0.2) is 9.84 Å². The molecule has 124 valence electrons. The van der Waals surface area contributed by atoms with E-state index in [0.29, 0.717) is 11.9 Å². The van der Waals surface area contributed by atoms with Crippen LogP contribution in [0.4, 0.5) is 5.82 Å². The minimum Gasteiger partial charge on any atom is -0.375 e. The lowest BCUT2D eigenvalue weighted by molar-refractivity contribution is -0.0400. The molecule has 1 aliphatic rings. The highest BCUT2D eigenvalue weighted by molar-refractivity contribution is 7.90. The van der Waals surface area contributed by atoms with Gasteiger partial charge in [0.05, 0.1) is 22.6 Å². The fraction of sp³-hybridized carbons (Fsp3) is 0.500. The van der Waals surface area contributed by atoms with E-state index >= 15 is 0 Å². The summed E-state index contributed by atoms with van der Waals surface area (Å²) in [7, 11) is -3.26. The first-order valence-corrected chi connectivity index (χ1v) is 9.59. The summed E-state index contributed by atoms with van der Waals surface area (Å²) in [5, 5.41) is 4.10. The van der Waals surface area contributed by atoms with Crippen LogP contribution < -0.4 is 5.32 Å². The highest BCUT2D eigenvalue weighted by Crippen LogP contribution is 2.30. The number of benzene rings is 1. The van der Waals surface area contributed by atoms with Gasteiger partial charge in [0.25, 0.3) is 0 Å². The smallest absolute Gasteiger partial charge is 0.175 e. The maximum atomic E-state index is 11.7. The van der Waals surface area contributed by atoms with Crippen LogP contribution in [0.3, 0.4) is 0 Å². The van der Waals surface area contributed by atoms with Crippen molar-refractivity contribution in [2.45, 2.75) is 49.8 Å². The average molecular weight is 335 g/mol. The number of rotatable bonds is 5. The third kappa shape index (κ3) is 3.61. The van der Waals surface area contributed by atoms with E-state index in [2.05, 4.69) is 15.3 Å². The van der Waals surface area contributed by atoms with Crippen LogP contribution >= 0.6 is 0 Å². The van der Waals surface area contributed by atoms with Crippen molar-refractivity contribution in [3.8, 4) is 0 Å². The Balaban J connectivity index is 1.81. The molecule has 0 unspecified atom stereocenters. The minimum absolute atomic E-state index is 0.234. The van der Waals surface area contributed by atoms with Crippen molar-refractivity contribution in [3.05, 3.63) is 24.5 Å². The monoisotopic (exact) mass is 335 g/mol. The molecule has 0 amide bonds. The summed E-state index contributed by atoms with van der Waals surface area (Å²) >= 11 is 0. The zero-order valence-electron chi connectivity index (χ0n) is 13.5. The first-order chi connectivity index (χ1) is 10.8. The Morgan fingerprint density at radius 3 is 2.65 bits per heavy atom. The normalized spacial score (nSPS) is 21.4. The molecule has 3 rings (SSSR count). The molecule has 1 saturated carbocycles. The maximum absolute atomic E-state index is 11.7. The van der Waals surface area contributed by atoms with E-state index in [1.165, 1.54) is 12.6 Å². The molecule has 1 heterocycles. The van der Waals surface area contributed by atoms with Gasteiger partial charge in [0.2, 0.25) is 0 Å². The molecule has 1 aromatic heterocycles. The number of fused-ring (bicyclic) bond motifs is 1. The van der Waals surface area contributed by atoms with Gasteiger partial charge in [-0.05, 0) is 44.9 Å². The number of nitrogens with zero attached hydrogens (tertiary/aromatic N) is 2. The molecule has 0 radical (unpaired) electrons. The van der Waals surface area contributed by atoms with Crippen molar-refractivity contribution >= 4 is 26.6 Å². The van der Waals surface area contributed by atoms with Crippen molar-refractivity contribution in [2.75, 3.05) is 11.6 Å². The molecule has 2 aromatic rings. The zero-order valence-corrected chi connectivity index (χ0v) is 14.3. The molecule has 0 saturated heterocycles. The third-order valence-corrected chi connectivity index (χ3v) is 5.05. The van der Waals surface area contributed by atoms with Crippen LogP contribution in [0.1, 0.15) is 26.7 Å². The lowest BCUT2D eigenvalue weighted by Gasteiger charge is -2.37. The Morgan fingerprint density at radius 2 is 2.00 bits per heavy atom. The fourth-order valence-corrected chi connectivity index (χ4v) is 3.40. The summed E-state index contributed by atoms with van der Waals surface area (Å²) in [6, 6.07) is 5.21. The highest BCUT2D eigenvalue weighted by Gasteiger charge is 2.31. The van der Waals surface area contributed by atoms with Gasteiger partial charge < -0.3 is 10.1 Å². The number of nitrogens with one attached hydrogen (secondary N) is 1. The van der Waals surface area contributed by atoms with Crippen molar-refractivity contribution in [3.63, 3.8) is 0 Å². The maximum Gasteiger partial charge on any atom is 0.175 e. The van der Waals surface area contributed by atoms with E-state index in [4.69, 9.17) is 4.74 Å². The standard InChI is InChI=1S/C16H21N3O3S/c1-10(2)22-12-6-11(7-12)19-16-14-8-13(23(3,20)21)4-5-15(14)17-9-18-16/h4-5,8-12H,6-7H2,1-3H3,(H,17,18,19). The molecule has 7 heteroatoms. The Hall–Kier alpha value is -1.73. The molecule has 1 N–H and O–H groups in total. The van der Waals surface area contributed by atoms with Crippen LogP contribution in [0.25, 0.3) is 10.9 Å². The second-order valence-corrected chi connectivity index (χ2v) is 8.31. The first kappa shape index (κ1) is 16.1. The summed E-state index contributed by atoms with van der Waals surface area (Å²) in [4.78, 5) is 8.76. The molecule has 1 aliphatic carbocycles. The second-order valence-electron chi connectivity index (χ2n) is 6.29. The van der Waals surface area contributed by atoms with Crippen LogP contribution in [-0.2, 0) is 14.6 Å². The molecule has 23 heavy (non-hydrogen) atoms. The van der Waals surface area contributed by atoms with Gasteiger partial charge in [-0.2, -0.15) is 0 Å². The summed E-state index contributed by atoms with van der Waals surface area (Å²) in [5.41, 5.74) is 0.726. The van der Waals surface area contributed by atoms with Crippen LogP contribution in [0.15, 0.2) is 29.4 Å². The number of anilines is 1. The average Bonchev–Trinajstić information content (AvgIpc) is 2.43. The lowest BCUT2D eigenvalue weighted by Crippen LogP contribution is -2.42. The topological polar surface area (TPSA) is 81.2 Å². The van der Waals surface area contributed by atoms with E-state index in [9.17, 15) is 8.42 Å². The zero-order chi connectivity index (χ0) is 16.6. The summed E-state index contributed by atoms with van der Waals surface area (Å²) in [6.07, 6.45) is 5.06. The number of hydrogen-bond donors (Lipinski definition) is 1. The van der Waals surface area contributed by atoms with Gasteiger partial charge in [-0.1, -0.05) is 0 Å². The van der Waals surface area contributed by atoms with Gasteiger partial charge >= 0.3 is 0 Å². The molecule has 0 spiro atoms. The van der Waals surface area contributed by atoms with Gasteiger partial charge in [0, 0.05) is 17.7 Å². The predicted molar refractivity (Wildman–Crippen MR) is 89.3 cm³/mol. The first-order valence-electron chi connectivity index (χ1n) is 7.70. The van der Waals surface area contributed by atoms with Gasteiger partial charge in [-0.25, -0.2) is 18.4 Å². The summed E-state index contributed by atoms with van der Waals surface area (Å²) in [5.74, 6) is 0.675. The Labute approximate surface area is 136 Å². The number of aromatic nitrogens is 2. The SMILES string of the molecule is CC(C)OC1CC(Nc2ncnc3ccc(S(C)(=O)=O)cc23)C1. The predicted octanol–water partition coefficient (Wildman–Crippen LogP) is 2.40. The van der Waals surface area contributed by atoms with Crippen LogP contribution in [0.5, 0.6) is 0 Å². The van der Waals surface area contributed by atoms with Gasteiger partial charge in [-0.3, -0.25) is 0 Å². The highest BCUT2D eigenvalue weighted by atomic mass is 32.2. The number of ether oxygens (including phenoxy) is 1. The van der Waals surface area contributed by atoms with Crippen molar-refractivity contribution in [1.82, 2.24) is 9.97 Å². The number of hydrogen-bond acceptors (Lipinski definition) is 6. The number of sulfone groups is 1. The summed E-state index contributed by atoms with van der Waals surface area (Å²) < 4.78 is 29.2. The molecule has 0 atom stereocenters. The molecule has 6 nitrogen and oxygen atoms in total. The second kappa shape index (κ2) is 6.05. The van der Waals surface area contributed by atoms with Crippen molar-refractivity contribution in [2.24, 2.45) is 0 Å². The molecular formula is C16H21N3O3S. The minimum atomic E-state index is -3.26. The van der Waals surface area contributed by atoms with Crippen LogP contribution in [0, 0.1) is 0 Å². The van der Waals surface area contributed by atoms with E-state index in [0.717, 1.165) is 23.7 Å². The van der Waals surface area contributed by atoms with Crippen LogP contribution in [0.2, 0.25) is 0 Å². The van der Waals surface area contributed by atoms with E-state index in [1.54, 1.807) is 18.2 Å². The summed E-state index contributed by atoms with van der Waals surface area (Å²) in [6.45, 7) is 4.07. The Bertz CT molecular complexity index is 814. The lowest BCUT2D eigenvalue weighted by atomic mass is 9.89. The Morgan fingerprint density at radius 1 is 1.26 bits per heavy atom. The largest absolute Gasteiger partial charge is 0.375 e.